The Balaban J connectivity index is 2.41. The molecule has 2 atom stereocenters. The topological polar surface area (TPSA) is 24.5 Å². The molecule has 1 heterocycles. The van der Waals surface area contributed by atoms with E-state index in [1.165, 1.54) is 25.8 Å². The minimum Gasteiger partial charge on any atom is -0.377 e. The van der Waals surface area contributed by atoms with Gasteiger partial charge in [-0.3, -0.25) is 4.90 Å². The van der Waals surface area contributed by atoms with Crippen molar-refractivity contribution in [3.8, 4) is 0 Å². The Morgan fingerprint density at radius 2 is 2.19 bits per heavy atom. The largest absolute Gasteiger partial charge is 0.377 e. The third kappa shape index (κ3) is 4.04. The zero-order chi connectivity index (χ0) is 12.0. The van der Waals surface area contributed by atoms with Gasteiger partial charge in [-0.05, 0) is 39.3 Å². The first kappa shape index (κ1) is 13.9. The molecule has 1 saturated heterocycles. The number of ether oxygens (including phenoxy) is 1. The number of piperidine rings is 1. The van der Waals surface area contributed by atoms with Crippen LogP contribution >= 0.6 is 0 Å². The maximum atomic E-state index is 5.62. The number of likely N-dealkylation sites (tertiary alicyclic amines) is 1. The van der Waals surface area contributed by atoms with Crippen molar-refractivity contribution in [1.29, 1.82) is 0 Å². The summed E-state index contributed by atoms with van der Waals surface area (Å²) in [5.74, 6) is 0. The zero-order valence-electron chi connectivity index (χ0n) is 11.4. The van der Waals surface area contributed by atoms with Gasteiger partial charge in [0.15, 0.2) is 0 Å². The molecular formula is C13H28N2O. The summed E-state index contributed by atoms with van der Waals surface area (Å²) in [6.07, 6.45) is 3.65. The van der Waals surface area contributed by atoms with E-state index in [9.17, 15) is 0 Å². The average molecular weight is 228 g/mol. The van der Waals surface area contributed by atoms with Crippen LogP contribution in [-0.4, -0.2) is 49.8 Å². The van der Waals surface area contributed by atoms with Crippen LogP contribution in [0.1, 0.15) is 40.0 Å². The number of rotatable bonds is 6. The lowest BCUT2D eigenvalue weighted by atomic mass is 9.94. The summed E-state index contributed by atoms with van der Waals surface area (Å²) in [5.41, 5.74) is 0.0722. The second-order valence-electron chi connectivity index (χ2n) is 5.16. The minimum atomic E-state index is 0.0722. The predicted molar refractivity (Wildman–Crippen MR) is 68.8 cm³/mol. The van der Waals surface area contributed by atoms with Crippen molar-refractivity contribution < 1.29 is 4.74 Å². The van der Waals surface area contributed by atoms with Crippen LogP contribution in [0, 0.1) is 0 Å². The molecule has 1 aliphatic heterocycles. The van der Waals surface area contributed by atoms with Gasteiger partial charge < -0.3 is 10.1 Å². The Hall–Kier alpha value is -0.120. The number of likely N-dealkylation sites (N-methyl/N-ethyl adjacent to an activating group) is 1. The summed E-state index contributed by atoms with van der Waals surface area (Å²) in [4.78, 5) is 2.55. The van der Waals surface area contributed by atoms with Crippen molar-refractivity contribution in [2.24, 2.45) is 0 Å². The Morgan fingerprint density at radius 3 is 2.75 bits per heavy atom. The standard InChI is InChI=1S/C13H28N2O/c1-5-12(14-6-2)10-15-9-7-8-13(3,11-15)16-4/h12,14H,5-11H2,1-4H3. The third-order valence-corrected chi connectivity index (χ3v) is 3.70. The molecule has 3 heteroatoms. The molecule has 0 aromatic heterocycles. The monoisotopic (exact) mass is 228 g/mol. The minimum absolute atomic E-state index is 0.0722. The molecule has 0 saturated carbocycles. The molecule has 0 radical (unpaired) electrons. The van der Waals surface area contributed by atoms with Crippen molar-refractivity contribution in [1.82, 2.24) is 10.2 Å². The maximum Gasteiger partial charge on any atom is 0.0777 e. The van der Waals surface area contributed by atoms with Gasteiger partial charge in [0.2, 0.25) is 0 Å². The lowest BCUT2D eigenvalue weighted by Crippen LogP contribution is -2.51. The molecular weight excluding hydrogens is 200 g/mol. The predicted octanol–water partition coefficient (Wildman–Crippen LogP) is 1.88. The van der Waals surface area contributed by atoms with Gasteiger partial charge in [0.25, 0.3) is 0 Å². The highest BCUT2D eigenvalue weighted by Gasteiger charge is 2.31. The number of methoxy groups -OCH3 is 1. The van der Waals surface area contributed by atoms with Gasteiger partial charge in [0, 0.05) is 26.2 Å². The molecule has 0 aliphatic carbocycles. The average Bonchev–Trinajstić information content (AvgIpc) is 2.29. The van der Waals surface area contributed by atoms with E-state index in [1.807, 2.05) is 7.11 Å². The number of hydrogen-bond acceptors (Lipinski definition) is 3. The first-order valence-electron chi connectivity index (χ1n) is 6.64. The fourth-order valence-corrected chi connectivity index (χ4v) is 2.57. The van der Waals surface area contributed by atoms with Crippen LogP contribution in [0.25, 0.3) is 0 Å². The quantitative estimate of drug-likeness (QED) is 0.751. The van der Waals surface area contributed by atoms with Gasteiger partial charge in [-0.2, -0.15) is 0 Å². The molecule has 16 heavy (non-hydrogen) atoms. The van der Waals surface area contributed by atoms with E-state index in [0.717, 1.165) is 19.6 Å². The first-order valence-corrected chi connectivity index (χ1v) is 6.64. The van der Waals surface area contributed by atoms with E-state index in [0.29, 0.717) is 6.04 Å². The van der Waals surface area contributed by atoms with Crippen molar-refractivity contribution in [2.45, 2.75) is 51.7 Å². The molecule has 1 N–H and O–H groups in total. The van der Waals surface area contributed by atoms with Crippen LogP contribution in [0.15, 0.2) is 0 Å². The molecule has 1 fully saturated rings. The summed E-state index contributed by atoms with van der Waals surface area (Å²) in [7, 11) is 1.84. The number of nitrogens with zero attached hydrogens (tertiary/aromatic N) is 1. The fourth-order valence-electron chi connectivity index (χ4n) is 2.57. The van der Waals surface area contributed by atoms with Crippen LogP contribution < -0.4 is 5.32 Å². The maximum absolute atomic E-state index is 5.62. The van der Waals surface area contributed by atoms with Gasteiger partial charge in [0.05, 0.1) is 5.60 Å². The van der Waals surface area contributed by atoms with E-state index in [4.69, 9.17) is 4.74 Å². The molecule has 0 aromatic rings. The van der Waals surface area contributed by atoms with E-state index >= 15 is 0 Å². The molecule has 0 bridgehead atoms. The number of nitrogens with one attached hydrogen (secondary N) is 1. The van der Waals surface area contributed by atoms with Gasteiger partial charge in [0.1, 0.15) is 0 Å². The van der Waals surface area contributed by atoms with Crippen LogP contribution in [-0.2, 0) is 4.74 Å². The SMILES string of the molecule is CCNC(CC)CN1CCCC(C)(OC)C1. The molecule has 1 rings (SSSR count). The van der Waals surface area contributed by atoms with Gasteiger partial charge >= 0.3 is 0 Å². The molecule has 3 nitrogen and oxygen atoms in total. The number of hydrogen-bond donors (Lipinski definition) is 1. The van der Waals surface area contributed by atoms with Gasteiger partial charge in [-0.1, -0.05) is 13.8 Å². The lowest BCUT2D eigenvalue weighted by Gasteiger charge is -2.40. The summed E-state index contributed by atoms with van der Waals surface area (Å²) in [6.45, 7) is 11.2. The summed E-state index contributed by atoms with van der Waals surface area (Å²) in [5, 5.41) is 3.54. The molecule has 0 spiro atoms. The zero-order valence-corrected chi connectivity index (χ0v) is 11.4. The second-order valence-corrected chi connectivity index (χ2v) is 5.16. The van der Waals surface area contributed by atoms with Crippen LogP contribution in [0.4, 0.5) is 0 Å². The Labute approximate surface area is 101 Å². The molecule has 2 unspecified atom stereocenters. The summed E-state index contributed by atoms with van der Waals surface area (Å²) < 4.78 is 5.62. The van der Waals surface area contributed by atoms with Crippen LogP contribution in [0.5, 0.6) is 0 Å². The van der Waals surface area contributed by atoms with E-state index in [2.05, 4.69) is 31.0 Å². The molecule has 96 valence electrons. The summed E-state index contributed by atoms with van der Waals surface area (Å²) in [6, 6.07) is 0.629. The fraction of sp³-hybridized carbons (Fsp3) is 1.00. The Bertz CT molecular complexity index is 198. The smallest absolute Gasteiger partial charge is 0.0777 e. The van der Waals surface area contributed by atoms with Gasteiger partial charge in [-0.25, -0.2) is 0 Å². The first-order chi connectivity index (χ1) is 7.63. The highest BCUT2D eigenvalue weighted by molar-refractivity contribution is 4.86. The van der Waals surface area contributed by atoms with E-state index in [-0.39, 0.29) is 5.60 Å². The highest BCUT2D eigenvalue weighted by Crippen LogP contribution is 2.23. The second kappa shape index (κ2) is 6.58. The Kier molecular flexibility index (Phi) is 5.73. The van der Waals surface area contributed by atoms with E-state index in [1.54, 1.807) is 0 Å². The highest BCUT2D eigenvalue weighted by atomic mass is 16.5. The van der Waals surface area contributed by atoms with E-state index < -0.39 is 0 Å². The third-order valence-electron chi connectivity index (χ3n) is 3.70. The summed E-state index contributed by atoms with van der Waals surface area (Å²) >= 11 is 0. The van der Waals surface area contributed by atoms with Crippen molar-refractivity contribution >= 4 is 0 Å². The normalized spacial score (nSPS) is 29.2. The van der Waals surface area contributed by atoms with Crippen molar-refractivity contribution in [3.63, 3.8) is 0 Å². The molecule has 0 aromatic carbocycles. The van der Waals surface area contributed by atoms with Crippen molar-refractivity contribution in [3.05, 3.63) is 0 Å². The van der Waals surface area contributed by atoms with Crippen LogP contribution in [0.2, 0.25) is 0 Å². The molecule has 0 amide bonds. The lowest BCUT2D eigenvalue weighted by molar-refractivity contribution is -0.0523. The molecule has 1 aliphatic rings. The van der Waals surface area contributed by atoms with Gasteiger partial charge in [-0.15, -0.1) is 0 Å². The Morgan fingerprint density at radius 1 is 1.44 bits per heavy atom. The van der Waals surface area contributed by atoms with Crippen molar-refractivity contribution in [2.75, 3.05) is 33.3 Å². The van der Waals surface area contributed by atoms with Crippen LogP contribution in [0.3, 0.4) is 0 Å².